The van der Waals surface area contributed by atoms with Crippen molar-refractivity contribution in [3.8, 4) is 11.4 Å². The minimum absolute atomic E-state index is 0.288. The second-order valence-electron chi connectivity index (χ2n) is 4.56. The Kier molecular flexibility index (Phi) is 4.32. The van der Waals surface area contributed by atoms with Gasteiger partial charge < -0.3 is 5.32 Å². The highest BCUT2D eigenvalue weighted by Gasteiger charge is 2.13. The molecular weight excluding hydrogens is 260 g/mol. The van der Waals surface area contributed by atoms with E-state index < -0.39 is 0 Å². The molecular formula is C14H17ClN4. The smallest absolute Gasteiger partial charge is 0.182 e. The summed E-state index contributed by atoms with van der Waals surface area (Å²) in [6.07, 6.45) is 0. The van der Waals surface area contributed by atoms with Gasteiger partial charge in [-0.25, -0.2) is 4.98 Å². The maximum Gasteiger partial charge on any atom is 0.182 e. The van der Waals surface area contributed by atoms with Gasteiger partial charge in [0.25, 0.3) is 0 Å². The third-order valence-corrected chi connectivity index (χ3v) is 2.96. The van der Waals surface area contributed by atoms with Crippen LogP contribution in [0.25, 0.3) is 11.4 Å². The summed E-state index contributed by atoms with van der Waals surface area (Å²) in [7, 11) is 0. The van der Waals surface area contributed by atoms with Crippen LogP contribution in [0, 0.1) is 0 Å². The summed E-state index contributed by atoms with van der Waals surface area (Å²) in [5, 5.41) is 12.3. The van der Waals surface area contributed by atoms with Crippen LogP contribution in [0.15, 0.2) is 24.3 Å². The molecule has 0 saturated heterocycles. The van der Waals surface area contributed by atoms with Crippen molar-refractivity contribution in [3.05, 3.63) is 35.0 Å². The molecule has 0 unspecified atom stereocenters. The number of hydrogen-bond acceptors (Lipinski definition) is 4. The molecule has 2 rings (SSSR count). The van der Waals surface area contributed by atoms with Gasteiger partial charge in [-0.1, -0.05) is 25.4 Å². The molecule has 1 aromatic carbocycles. The Labute approximate surface area is 118 Å². The van der Waals surface area contributed by atoms with E-state index in [2.05, 4.69) is 34.3 Å². The molecule has 5 heteroatoms. The number of nitrogens with one attached hydrogen (secondary N) is 1. The molecule has 19 heavy (non-hydrogen) atoms. The van der Waals surface area contributed by atoms with Crippen LogP contribution >= 0.6 is 11.6 Å². The van der Waals surface area contributed by atoms with Crippen molar-refractivity contribution in [2.75, 3.05) is 11.9 Å². The first kappa shape index (κ1) is 13.7. The Hall–Kier alpha value is -1.68. The van der Waals surface area contributed by atoms with Crippen molar-refractivity contribution >= 4 is 17.4 Å². The monoisotopic (exact) mass is 276 g/mol. The molecule has 1 aromatic heterocycles. The first-order valence-electron chi connectivity index (χ1n) is 6.36. The zero-order chi connectivity index (χ0) is 13.8. The molecule has 0 aliphatic heterocycles. The van der Waals surface area contributed by atoms with Gasteiger partial charge in [-0.2, -0.15) is 0 Å². The van der Waals surface area contributed by atoms with E-state index in [1.54, 1.807) is 0 Å². The van der Waals surface area contributed by atoms with Gasteiger partial charge in [0, 0.05) is 17.1 Å². The minimum Gasteiger partial charge on any atom is -0.367 e. The van der Waals surface area contributed by atoms with E-state index in [4.69, 9.17) is 11.6 Å². The van der Waals surface area contributed by atoms with Crippen molar-refractivity contribution in [2.45, 2.75) is 26.7 Å². The van der Waals surface area contributed by atoms with Gasteiger partial charge in [-0.3, -0.25) is 0 Å². The zero-order valence-electron chi connectivity index (χ0n) is 11.3. The number of anilines is 1. The molecule has 0 bridgehead atoms. The van der Waals surface area contributed by atoms with Gasteiger partial charge in [0.05, 0.1) is 5.69 Å². The third kappa shape index (κ3) is 3.20. The summed E-state index contributed by atoms with van der Waals surface area (Å²) in [6.45, 7) is 7.02. The van der Waals surface area contributed by atoms with E-state index in [0.717, 1.165) is 23.6 Å². The fraction of sp³-hybridized carbons (Fsp3) is 0.357. The molecule has 0 aliphatic rings. The number of halogens is 1. The summed E-state index contributed by atoms with van der Waals surface area (Å²) >= 11 is 5.88. The number of aromatic nitrogens is 3. The lowest BCUT2D eigenvalue weighted by Crippen LogP contribution is -2.09. The van der Waals surface area contributed by atoms with Crippen LogP contribution < -0.4 is 5.32 Å². The van der Waals surface area contributed by atoms with Gasteiger partial charge in [-0.15, -0.1) is 10.2 Å². The van der Waals surface area contributed by atoms with Crippen LogP contribution in [0.3, 0.4) is 0 Å². The maximum atomic E-state index is 5.88. The minimum atomic E-state index is 0.288. The third-order valence-electron chi connectivity index (χ3n) is 2.71. The fourth-order valence-electron chi connectivity index (χ4n) is 1.76. The summed E-state index contributed by atoms with van der Waals surface area (Å²) in [6, 6.07) is 7.45. The van der Waals surface area contributed by atoms with E-state index in [9.17, 15) is 0 Å². The van der Waals surface area contributed by atoms with Gasteiger partial charge >= 0.3 is 0 Å². The summed E-state index contributed by atoms with van der Waals surface area (Å²) in [5.74, 6) is 1.67. The molecule has 1 heterocycles. The highest BCUT2D eigenvalue weighted by atomic mass is 35.5. The summed E-state index contributed by atoms with van der Waals surface area (Å²) in [5.41, 5.74) is 1.85. The average Bonchev–Trinajstić information content (AvgIpc) is 2.40. The van der Waals surface area contributed by atoms with Crippen LogP contribution in [-0.4, -0.2) is 21.7 Å². The maximum absolute atomic E-state index is 5.88. The molecule has 0 atom stereocenters. The number of hydrogen-bond donors (Lipinski definition) is 1. The normalized spacial score (nSPS) is 10.8. The molecule has 0 fully saturated rings. The van der Waals surface area contributed by atoms with Crippen molar-refractivity contribution in [3.63, 3.8) is 0 Å². The highest BCUT2D eigenvalue weighted by molar-refractivity contribution is 6.30. The first-order valence-corrected chi connectivity index (χ1v) is 6.74. The molecule has 0 amide bonds. The number of benzene rings is 1. The van der Waals surface area contributed by atoms with Crippen molar-refractivity contribution in [2.24, 2.45) is 0 Å². The highest BCUT2D eigenvalue weighted by Crippen LogP contribution is 2.23. The Morgan fingerprint density at radius 2 is 1.84 bits per heavy atom. The molecule has 2 aromatic rings. The molecule has 0 radical (unpaired) electrons. The van der Waals surface area contributed by atoms with E-state index in [1.165, 1.54) is 0 Å². The van der Waals surface area contributed by atoms with E-state index in [-0.39, 0.29) is 5.92 Å². The zero-order valence-corrected chi connectivity index (χ0v) is 12.1. The van der Waals surface area contributed by atoms with Crippen molar-refractivity contribution < 1.29 is 0 Å². The average molecular weight is 277 g/mol. The van der Waals surface area contributed by atoms with Crippen LogP contribution in [0.1, 0.15) is 32.4 Å². The molecule has 4 nitrogen and oxygen atoms in total. The Morgan fingerprint density at radius 1 is 1.16 bits per heavy atom. The SMILES string of the molecule is CCNc1nnc(-c2ccc(Cl)cc2)nc1C(C)C. The lowest BCUT2D eigenvalue weighted by atomic mass is 10.1. The molecule has 0 saturated carbocycles. The van der Waals surface area contributed by atoms with Gasteiger partial charge in [-0.05, 0) is 37.1 Å². The summed E-state index contributed by atoms with van der Waals surface area (Å²) < 4.78 is 0. The fourth-order valence-corrected chi connectivity index (χ4v) is 1.88. The predicted octanol–water partition coefficient (Wildman–Crippen LogP) is 3.75. The second kappa shape index (κ2) is 5.97. The lowest BCUT2D eigenvalue weighted by Gasteiger charge is -2.12. The predicted molar refractivity (Wildman–Crippen MR) is 78.5 cm³/mol. The van der Waals surface area contributed by atoms with Crippen LogP contribution in [0.4, 0.5) is 5.82 Å². The van der Waals surface area contributed by atoms with E-state index in [1.807, 2.05) is 31.2 Å². The number of nitrogens with zero attached hydrogens (tertiary/aromatic N) is 3. The largest absolute Gasteiger partial charge is 0.367 e. The second-order valence-corrected chi connectivity index (χ2v) is 5.00. The van der Waals surface area contributed by atoms with Crippen LogP contribution in [0.2, 0.25) is 5.02 Å². The Morgan fingerprint density at radius 3 is 2.42 bits per heavy atom. The van der Waals surface area contributed by atoms with E-state index in [0.29, 0.717) is 10.8 Å². The summed E-state index contributed by atoms with van der Waals surface area (Å²) in [4.78, 5) is 4.61. The van der Waals surface area contributed by atoms with Crippen LogP contribution in [0.5, 0.6) is 0 Å². The molecule has 1 N–H and O–H groups in total. The lowest BCUT2D eigenvalue weighted by molar-refractivity contribution is 0.791. The van der Waals surface area contributed by atoms with Gasteiger partial charge in [0.2, 0.25) is 0 Å². The quantitative estimate of drug-likeness (QED) is 0.924. The standard InChI is InChI=1S/C14H17ClN4/c1-4-16-14-12(9(2)3)17-13(18-19-14)10-5-7-11(15)8-6-10/h5-9H,4H2,1-3H3,(H,16,19). The van der Waals surface area contributed by atoms with Gasteiger partial charge in [0.1, 0.15) is 0 Å². The topological polar surface area (TPSA) is 50.7 Å². The molecule has 0 aliphatic carbocycles. The Bertz CT molecular complexity index is 552. The van der Waals surface area contributed by atoms with E-state index >= 15 is 0 Å². The number of rotatable bonds is 4. The van der Waals surface area contributed by atoms with Crippen molar-refractivity contribution in [1.82, 2.24) is 15.2 Å². The Balaban J connectivity index is 2.42. The molecule has 0 spiro atoms. The van der Waals surface area contributed by atoms with Gasteiger partial charge in [0.15, 0.2) is 11.6 Å². The van der Waals surface area contributed by atoms with Crippen LogP contribution in [-0.2, 0) is 0 Å². The molecule has 100 valence electrons. The first-order chi connectivity index (χ1) is 9.11. The van der Waals surface area contributed by atoms with Crippen molar-refractivity contribution in [1.29, 1.82) is 0 Å².